The van der Waals surface area contributed by atoms with Gasteiger partial charge in [-0.1, -0.05) is 0 Å². The smallest absolute Gasteiger partial charge is 0.104 e. The van der Waals surface area contributed by atoms with Crippen molar-refractivity contribution in [2.24, 2.45) is 0 Å². The average molecular weight is 192 g/mol. The third kappa shape index (κ3) is 2.18. The molecule has 1 N–H and O–H groups in total. The molecule has 1 saturated heterocycles. The molecule has 0 aliphatic carbocycles. The Labute approximate surface area is 74.0 Å². The Kier molecular flexibility index (Phi) is 2.75. The van der Waals surface area contributed by atoms with Crippen LogP contribution in [0.2, 0.25) is 0 Å². The maximum atomic E-state index is 11.3. The lowest BCUT2D eigenvalue weighted by atomic mass is 10.2. The molecule has 0 aromatic rings. The molecule has 4 nitrogen and oxygen atoms in total. The van der Waals surface area contributed by atoms with Crippen LogP contribution < -0.4 is 0 Å². The summed E-state index contributed by atoms with van der Waals surface area (Å²) < 4.78 is 25.6. The molecule has 1 rings (SSSR count). The van der Waals surface area contributed by atoms with Gasteiger partial charge in [-0.3, -0.25) is 0 Å². The number of hydrogen-bond acceptors (Lipinski definition) is 3. The van der Waals surface area contributed by atoms with E-state index in [-0.39, 0.29) is 12.1 Å². The van der Waals surface area contributed by atoms with Crippen LogP contribution in [0.25, 0.3) is 0 Å². The maximum Gasteiger partial charge on any atom is 0.104 e. The van der Waals surface area contributed by atoms with Gasteiger partial charge in [-0.05, 0) is 13.3 Å². The van der Waals surface area contributed by atoms with Crippen LogP contribution in [0.15, 0.2) is 0 Å². The first-order valence-corrected chi connectivity index (χ1v) is 5.92. The first-order valence-electron chi connectivity index (χ1n) is 3.99. The Morgan fingerprint density at radius 2 is 2.25 bits per heavy atom. The van der Waals surface area contributed by atoms with Crippen molar-refractivity contribution >= 4 is 9.92 Å². The topological polar surface area (TPSA) is 53.4 Å². The van der Waals surface area contributed by atoms with E-state index in [2.05, 4.69) is 0 Å². The van der Waals surface area contributed by atoms with Crippen LogP contribution >= 0.6 is 0 Å². The molecule has 0 saturated carbocycles. The molecule has 0 bridgehead atoms. The fraction of sp³-hybridized carbons (Fsp3) is 1.00. The fourth-order valence-corrected chi connectivity index (χ4v) is 2.05. The highest BCUT2D eigenvalue weighted by Crippen LogP contribution is 2.18. The van der Waals surface area contributed by atoms with E-state index in [1.807, 2.05) is 6.92 Å². The van der Waals surface area contributed by atoms with Gasteiger partial charge in [-0.15, -0.1) is 0 Å². The quantitative estimate of drug-likeness (QED) is 0.699. The summed E-state index contributed by atoms with van der Waals surface area (Å²) in [5, 5.41) is 0. The molecule has 0 aromatic carbocycles. The second-order valence-corrected chi connectivity index (χ2v) is 5.56. The van der Waals surface area contributed by atoms with Crippen molar-refractivity contribution in [2.75, 3.05) is 19.9 Å². The Morgan fingerprint density at radius 3 is 2.58 bits per heavy atom. The molecule has 12 heavy (non-hydrogen) atoms. The Balaban J connectivity index is 2.61. The summed E-state index contributed by atoms with van der Waals surface area (Å²) in [4.78, 5) is 0. The Bertz CT molecular complexity index is 250. The molecule has 1 aliphatic rings. The second-order valence-electron chi connectivity index (χ2n) is 3.38. The van der Waals surface area contributed by atoms with Gasteiger partial charge in [0.25, 0.3) is 0 Å². The molecule has 72 valence electrons. The molecule has 0 radical (unpaired) electrons. The minimum Gasteiger partial charge on any atom is -0.377 e. The van der Waals surface area contributed by atoms with E-state index in [1.54, 1.807) is 11.4 Å². The van der Waals surface area contributed by atoms with E-state index in [4.69, 9.17) is 9.52 Å². The van der Waals surface area contributed by atoms with E-state index < -0.39 is 9.92 Å². The zero-order valence-electron chi connectivity index (χ0n) is 7.74. The van der Waals surface area contributed by atoms with E-state index in [9.17, 15) is 4.21 Å². The number of nitrogens with zero attached hydrogens (tertiary/aromatic N) is 1. The number of hydrogen-bond donors (Lipinski definition) is 1. The molecule has 3 unspecified atom stereocenters. The first kappa shape index (κ1) is 9.95. The van der Waals surface area contributed by atoms with Gasteiger partial charge >= 0.3 is 0 Å². The van der Waals surface area contributed by atoms with E-state index in [0.717, 1.165) is 6.42 Å². The van der Waals surface area contributed by atoms with Crippen molar-refractivity contribution in [1.82, 2.24) is 4.31 Å². The number of ether oxygens (including phenoxy) is 1. The summed E-state index contributed by atoms with van der Waals surface area (Å²) in [6, 6.07) is 0.148. The predicted octanol–water partition coefficient (Wildman–Crippen LogP) is 0.687. The van der Waals surface area contributed by atoms with Gasteiger partial charge in [-0.25, -0.2) is 13.3 Å². The SMILES string of the molecule is CC1CC(N(C)S(C)(=N)=O)CO1. The highest BCUT2D eigenvalue weighted by atomic mass is 32.2. The molecular weight excluding hydrogens is 176 g/mol. The van der Waals surface area contributed by atoms with Crippen molar-refractivity contribution in [3.63, 3.8) is 0 Å². The highest BCUT2D eigenvalue weighted by molar-refractivity contribution is 7.89. The van der Waals surface area contributed by atoms with Crippen molar-refractivity contribution < 1.29 is 8.95 Å². The lowest BCUT2D eigenvalue weighted by Crippen LogP contribution is -2.35. The van der Waals surface area contributed by atoms with Crippen LogP contribution in [0.5, 0.6) is 0 Å². The average Bonchev–Trinajstić information content (AvgIpc) is 2.32. The summed E-state index contributed by atoms with van der Waals surface area (Å²) in [5.74, 6) is 0. The molecule has 5 heteroatoms. The van der Waals surface area contributed by atoms with Gasteiger partial charge in [0.15, 0.2) is 0 Å². The third-order valence-corrected chi connectivity index (χ3v) is 3.64. The fourth-order valence-electron chi connectivity index (χ4n) is 1.33. The summed E-state index contributed by atoms with van der Waals surface area (Å²) in [5.41, 5.74) is 0. The zero-order chi connectivity index (χ0) is 9.35. The van der Waals surface area contributed by atoms with Crippen LogP contribution in [0, 0.1) is 4.78 Å². The van der Waals surface area contributed by atoms with Gasteiger partial charge in [-0.2, -0.15) is 0 Å². The number of nitrogens with one attached hydrogen (secondary N) is 1. The monoisotopic (exact) mass is 192 g/mol. The number of rotatable bonds is 2. The molecule has 0 amide bonds. The van der Waals surface area contributed by atoms with Crippen molar-refractivity contribution in [1.29, 1.82) is 4.78 Å². The van der Waals surface area contributed by atoms with Crippen LogP contribution in [0.3, 0.4) is 0 Å². The Morgan fingerprint density at radius 1 is 1.67 bits per heavy atom. The van der Waals surface area contributed by atoms with Crippen molar-refractivity contribution in [2.45, 2.75) is 25.5 Å². The molecule has 1 aliphatic heterocycles. The summed E-state index contributed by atoms with van der Waals surface area (Å²) >= 11 is 0. The molecule has 1 heterocycles. The van der Waals surface area contributed by atoms with E-state index in [0.29, 0.717) is 6.61 Å². The second kappa shape index (κ2) is 3.32. The van der Waals surface area contributed by atoms with Crippen LogP contribution in [0.4, 0.5) is 0 Å². The molecular formula is C7H16N2O2S. The highest BCUT2D eigenvalue weighted by Gasteiger charge is 2.28. The summed E-state index contributed by atoms with van der Waals surface area (Å²) in [7, 11) is -0.833. The van der Waals surface area contributed by atoms with Gasteiger partial charge < -0.3 is 4.74 Å². The molecule has 0 aromatic heterocycles. The molecule has 0 spiro atoms. The van der Waals surface area contributed by atoms with Crippen molar-refractivity contribution in [3.05, 3.63) is 0 Å². The van der Waals surface area contributed by atoms with Crippen LogP contribution in [0.1, 0.15) is 13.3 Å². The minimum atomic E-state index is -2.56. The summed E-state index contributed by atoms with van der Waals surface area (Å²) in [6.45, 7) is 2.59. The third-order valence-electron chi connectivity index (χ3n) is 2.24. The molecule has 1 fully saturated rings. The Hall–Kier alpha value is -0.130. The lowest BCUT2D eigenvalue weighted by Gasteiger charge is -2.22. The van der Waals surface area contributed by atoms with E-state index in [1.165, 1.54) is 6.26 Å². The van der Waals surface area contributed by atoms with Crippen molar-refractivity contribution in [3.8, 4) is 0 Å². The standard InChI is InChI=1S/C7H16N2O2S/c1-6-4-7(5-11-6)9(2)12(3,8)10/h6-8H,4-5H2,1-3H3. The van der Waals surface area contributed by atoms with Crippen LogP contribution in [-0.4, -0.2) is 40.6 Å². The van der Waals surface area contributed by atoms with Gasteiger partial charge in [0, 0.05) is 19.3 Å². The number of likely N-dealkylation sites (N-methyl/N-ethyl adjacent to an activating group) is 1. The zero-order valence-corrected chi connectivity index (χ0v) is 8.56. The van der Waals surface area contributed by atoms with Gasteiger partial charge in [0.2, 0.25) is 0 Å². The van der Waals surface area contributed by atoms with Gasteiger partial charge in [0.05, 0.1) is 12.7 Å². The maximum absolute atomic E-state index is 11.3. The normalized spacial score (nSPS) is 35.3. The van der Waals surface area contributed by atoms with Gasteiger partial charge in [0.1, 0.15) is 9.92 Å². The largest absolute Gasteiger partial charge is 0.377 e. The minimum absolute atomic E-state index is 0.148. The first-order chi connectivity index (χ1) is 5.41. The summed E-state index contributed by atoms with van der Waals surface area (Å²) in [6.07, 6.45) is 2.55. The van der Waals surface area contributed by atoms with E-state index >= 15 is 0 Å². The van der Waals surface area contributed by atoms with Crippen LogP contribution in [-0.2, 0) is 14.7 Å². The predicted molar refractivity (Wildman–Crippen MR) is 48.4 cm³/mol. The molecule has 3 atom stereocenters. The lowest BCUT2D eigenvalue weighted by molar-refractivity contribution is 0.119.